The van der Waals surface area contributed by atoms with Gasteiger partial charge in [0.25, 0.3) is 0 Å². The van der Waals surface area contributed by atoms with Crippen molar-refractivity contribution >= 4 is 11.9 Å². The van der Waals surface area contributed by atoms with Gasteiger partial charge in [-0.3, -0.25) is 4.79 Å². The molecule has 0 aromatic rings. The van der Waals surface area contributed by atoms with Gasteiger partial charge in [0.2, 0.25) is 5.91 Å². The molecule has 146 valence electrons. The first-order valence-electron chi connectivity index (χ1n) is 10.6. The Morgan fingerprint density at radius 3 is 2.08 bits per heavy atom. The molecule has 3 amide bonds. The molecule has 2 saturated heterocycles. The molecule has 0 bridgehead atoms. The van der Waals surface area contributed by atoms with Gasteiger partial charge < -0.3 is 20.3 Å². The summed E-state index contributed by atoms with van der Waals surface area (Å²) < 4.78 is 5.57. The number of nitrogens with zero attached hydrogens (tertiary/aromatic N) is 1. The second kappa shape index (κ2) is 7.75. The van der Waals surface area contributed by atoms with Crippen molar-refractivity contribution < 1.29 is 14.3 Å². The quantitative estimate of drug-likeness (QED) is 0.809. The van der Waals surface area contributed by atoms with Gasteiger partial charge in [-0.25, -0.2) is 4.79 Å². The topological polar surface area (TPSA) is 70.7 Å². The minimum absolute atomic E-state index is 0.0268. The van der Waals surface area contributed by atoms with Gasteiger partial charge in [-0.1, -0.05) is 25.7 Å². The van der Waals surface area contributed by atoms with Crippen molar-refractivity contribution in [2.45, 2.75) is 76.3 Å². The molecule has 4 fully saturated rings. The van der Waals surface area contributed by atoms with Crippen LogP contribution in [-0.4, -0.2) is 55.2 Å². The first-order valence-corrected chi connectivity index (χ1v) is 10.6. The van der Waals surface area contributed by atoms with Crippen LogP contribution in [0.2, 0.25) is 0 Å². The summed E-state index contributed by atoms with van der Waals surface area (Å²) in [5.74, 6) is 0.0660. The van der Waals surface area contributed by atoms with Crippen molar-refractivity contribution in [1.82, 2.24) is 15.5 Å². The molecule has 6 heteroatoms. The van der Waals surface area contributed by atoms with Gasteiger partial charge in [-0.05, 0) is 38.5 Å². The number of nitrogens with one attached hydrogen (secondary N) is 2. The molecule has 1 spiro atoms. The van der Waals surface area contributed by atoms with Crippen LogP contribution in [0.4, 0.5) is 4.79 Å². The molecule has 6 nitrogen and oxygen atoms in total. The Kier molecular flexibility index (Phi) is 5.39. The first kappa shape index (κ1) is 18.1. The third-order valence-corrected chi connectivity index (χ3v) is 7.12. The van der Waals surface area contributed by atoms with Gasteiger partial charge in [0, 0.05) is 43.8 Å². The third-order valence-electron chi connectivity index (χ3n) is 7.12. The number of likely N-dealkylation sites (tertiary alicyclic amines) is 1. The summed E-state index contributed by atoms with van der Waals surface area (Å²) >= 11 is 0. The summed E-state index contributed by atoms with van der Waals surface area (Å²) in [4.78, 5) is 27.8. The van der Waals surface area contributed by atoms with E-state index in [9.17, 15) is 9.59 Å². The second-order valence-corrected chi connectivity index (χ2v) is 8.83. The number of ether oxygens (including phenoxy) is 1. The van der Waals surface area contributed by atoms with Crippen LogP contribution in [-0.2, 0) is 9.53 Å². The molecule has 0 aromatic carbocycles. The average molecular weight is 364 g/mol. The maximum Gasteiger partial charge on any atom is 0.317 e. The van der Waals surface area contributed by atoms with E-state index in [-0.39, 0.29) is 23.3 Å². The fraction of sp³-hybridized carbons (Fsp3) is 0.900. The summed E-state index contributed by atoms with van der Waals surface area (Å²) in [5, 5.41) is 6.49. The molecule has 0 aromatic heterocycles. The van der Waals surface area contributed by atoms with E-state index in [2.05, 4.69) is 10.6 Å². The predicted octanol–water partition coefficient (Wildman–Crippen LogP) is 2.43. The van der Waals surface area contributed by atoms with Crippen LogP contribution in [0.5, 0.6) is 0 Å². The zero-order valence-corrected chi connectivity index (χ0v) is 15.8. The van der Waals surface area contributed by atoms with E-state index < -0.39 is 0 Å². The molecule has 1 atom stereocenters. The lowest BCUT2D eigenvalue weighted by Crippen LogP contribution is -2.46. The number of carbonyl (C=O) groups excluding carboxylic acids is 2. The molecule has 2 saturated carbocycles. The normalized spacial score (nSPS) is 29.4. The van der Waals surface area contributed by atoms with E-state index in [4.69, 9.17) is 4.74 Å². The minimum atomic E-state index is -0.103. The summed E-state index contributed by atoms with van der Waals surface area (Å²) in [5.41, 5.74) is -0.103. The molecular formula is C20H33N3O3. The molecule has 4 rings (SSSR count). The van der Waals surface area contributed by atoms with Crippen LogP contribution in [0, 0.1) is 11.3 Å². The van der Waals surface area contributed by atoms with Crippen LogP contribution < -0.4 is 10.6 Å². The number of hydrogen-bond acceptors (Lipinski definition) is 3. The van der Waals surface area contributed by atoms with Crippen LogP contribution in [0.25, 0.3) is 0 Å². The van der Waals surface area contributed by atoms with Crippen LogP contribution in [0.3, 0.4) is 0 Å². The molecular weight excluding hydrogens is 330 g/mol. The van der Waals surface area contributed by atoms with E-state index in [0.29, 0.717) is 38.4 Å². The van der Waals surface area contributed by atoms with Gasteiger partial charge in [0.15, 0.2) is 0 Å². The van der Waals surface area contributed by atoms with Crippen molar-refractivity contribution in [3.05, 3.63) is 0 Å². The van der Waals surface area contributed by atoms with Crippen LogP contribution in [0.15, 0.2) is 0 Å². The van der Waals surface area contributed by atoms with E-state index in [1.165, 1.54) is 25.7 Å². The maximum absolute atomic E-state index is 13.1. The van der Waals surface area contributed by atoms with Gasteiger partial charge >= 0.3 is 6.03 Å². The Labute approximate surface area is 156 Å². The average Bonchev–Trinajstić information content (AvgIpc) is 3.37. The highest BCUT2D eigenvalue weighted by Gasteiger charge is 2.52. The Balaban J connectivity index is 1.43. The second-order valence-electron chi connectivity index (χ2n) is 8.83. The number of urea groups is 1. The minimum Gasteiger partial charge on any atom is -0.381 e. The Hall–Kier alpha value is -1.30. The number of carbonyl (C=O) groups is 2. The molecule has 4 aliphatic rings. The summed E-state index contributed by atoms with van der Waals surface area (Å²) in [7, 11) is 0. The van der Waals surface area contributed by atoms with Crippen molar-refractivity contribution in [1.29, 1.82) is 0 Å². The Morgan fingerprint density at radius 2 is 1.46 bits per heavy atom. The van der Waals surface area contributed by atoms with E-state index in [1.807, 2.05) is 4.90 Å². The molecule has 2 aliphatic carbocycles. The lowest BCUT2D eigenvalue weighted by Gasteiger charge is -2.37. The van der Waals surface area contributed by atoms with E-state index in [0.717, 1.165) is 38.5 Å². The highest BCUT2D eigenvalue weighted by molar-refractivity contribution is 5.83. The predicted molar refractivity (Wildman–Crippen MR) is 98.7 cm³/mol. The molecule has 2 aliphatic heterocycles. The summed E-state index contributed by atoms with van der Waals surface area (Å²) in [6, 6.07) is 0.680. The van der Waals surface area contributed by atoms with Gasteiger partial charge in [-0.15, -0.1) is 0 Å². The standard InChI is InChI=1S/C20H33N3O3/c24-18(21-15-5-1-2-6-15)17-13-23(14-20(17)9-11-26-12-10-20)19(25)22-16-7-3-4-8-16/h15-17H,1-14H2,(H,21,24)(H,22,25). The largest absolute Gasteiger partial charge is 0.381 e. The monoisotopic (exact) mass is 363 g/mol. The zero-order valence-electron chi connectivity index (χ0n) is 15.8. The Morgan fingerprint density at radius 1 is 0.885 bits per heavy atom. The summed E-state index contributed by atoms with van der Waals surface area (Å²) in [6.45, 7) is 2.64. The zero-order chi connectivity index (χ0) is 18.0. The number of hydrogen-bond donors (Lipinski definition) is 2. The molecule has 2 heterocycles. The third kappa shape index (κ3) is 3.71. The fourth-order valence-electron chi connectivity index (χ4n) is 5.48. The smallest absolute Gasteiger partial charge is 0.317 e. The van der Waals surface area contributed by atoms with Gasteiger partial charge in [-0.2, -0.15) is 0 Å². The molecule has 1 unspecified atom stereocenters. The molecule has 26 heavy (non-hydrogen) atoms. The first-order chi connectivity index (χ1) is 12.7. The number of amides is 3. The lowest BCUT2D eigenvalue weighted by molar-refractivity contribution is -0.130. The van der Waals surface area contributed by atoms with Crippen LogP contribution >= 0.6 is 0 Å². The van der Waals surface area contributed by atoms with Crippen molar-refractivity contribution in [3.63, 3.8) is 0 Å². The molecule has 2 N–H and O–H groups in total. The molecule has 0 radical (unpaired) electrons. The lowest BCUT2D eigenvalue weighted by atomic mass is 9.71. The van der Waals surface area contributed by atoms with E-state index in [1.54, 1.807) is 0 Å². The van der Waals surface area contributed by atoms with Gasteiger partial charge in [0.05, 0.1) is 5.92 Å². The highest BCUT2D eigenvalue weighted by Crippen LogP contribution is 2.44. The fourth-order valence-corrected chi connectivity index (χ4v) is 5.48. The van der Waals surface area contributed by atoms with E-state index >= 15 is 0 Å². The van der Waals surface area contributed by atoms with Crippen molar-refractivity contribution in [2.24, 2.45) is 11.3 Å². The number of rotatable bonds is 3. The van der Waals surface area contributed by atoms with Gasteiger partial charge in [0.1, 0.15) is 0 Å². The van der Waals surface area contributed by atoms with Crippen molar-refractivity contribution in [2.75, 3.05) is 26.3 Å². The summed E-state index contributed by atoms with van der Waals surface area (Å²) in [6.07, 6.45) is 11.0. The van der Waals surface area contributed by atoms with Crippen molar-refractivity contribution in [3.8, 4) is 0 Å². The Bertz CT molecular complexity index is 520. The van der Waals surface area contributed by atoms with Crippen LogP contribution in [0.1, 0.15) is 64.2 Å². The SMILES string of the molecule is O=C(NC1CCCC1)C1CN(C(=O)NC2CCCC2)CC12CCOCC2. The highest BCUT2D eigenvalue weighted by atomic mass is 16.5. The maximum atomic E-state index is 13.1.